The maximum Gasteiger partial charge on any atom is 0.225 e. The van der Waals surface area contributed by atoms with E-state index in [-0.39, 0.29) is 0 Å². The number of aromatic nitrogens is 2. The molecule has 1 aliphatic heterocycles. The number of hydrogen-bond acceptors (Lipinski definition) is 4. The first kappa shape index (κ1) is 13.7. The van der Waals surface area contributed by atoms with Crippen molar-refractivity contribution >= 4 is 23.3 Å². The molecule has 1 N–H and O–H groups in total. The summed E-state index contributed by atoms with van der Waals surface area (Å²) in [6, 6.07) is 1.83. The zero-order valence-corrected chi connectivity index (χ0v) is 12.0. The van der Waals surface area contributed by atoms with Gasteiger partial charge in [0, 0.05) is 45.1 Å². The number of piperazine rings is 1. The Morgan fingerprint density at radius 3 is 2.53 bits per heavy atom. The standard InChI is InChI=1S/C13H19N5S/c1-11(2)10-16-13(19)18-8-6-17(7-9-18)12-14-4-3-5-15-12/h3-5H,1,6-10H2,2H3,(H,16,19). The number of nitrogens with zero attached hydrogens (tertiary/aromatic N) is 4. The average molecular weight is 277 g/mol. The van der Waals surface area contributed by atoms with Gasteiger partial charge in [0.2, 0.25) is 5.95 Å². The molecule has 5 nitrogen and oxygen atoms in total. The van der Waals surface area contributed by atoms with Crippen LogP contribution in [0.25, 0.3) is 0 Å². The van der Waals surface area contributed by atoms with E-state index >= 15 is 0 Å². The van der Waals surface area contributed by atoms with E-state index in [2.05, 4.69) is 31.7 Å². The van der Waals surface area contributed by atoms with Crippen molar-refractivity contribution in [1.29, 1.82) is 0 Å². The second kappa shape index (κ2) is 6.47. The monoisotopic (exact) mass is 277 g/mol. The minimum absolute atomic E-state index is 0.737. The van der Waals surface area contributed by atoms with Gasteiger partial charge in [0.1, 0.15) is 0 Å². The average Bonchev–Trinajstić information content (AvgIpc) is 2.46. The Balaban J connectivity index is 1.82. The molecular formula is C13H19N5S. The summed E-state index contributed by atoms with van der Waals surface area (Å²) in [6.45, 7) is 10.1. The van der Waals surface area contributed by atoms with Gasteiger partial charge in [-0.2, -0.15) is 0 Å². The molecule has 2 heterocycles. The number of anilines is 1. The fourth-order valence-electron chi connectivity index (χ4n) is 1.90. The molecule has 0 atom stereocenters. The molecule has 0 saturated carbocycles. The van der Waals surface area contributed by atoms with Crippen molar-refractivity contribution in [1.82, 2.24) is 20.2 Å². The highest BCUT2D eigenvalue weighted by molar-refractivity contribution is 7.80. The largest absolute Gasteiger partial charge is 0.359 e. The van der Waals surface area contributed by atoms with Gasteiger partial charge in [0.25, 0.3) is 0 Å². The molecule has 102 valence electrons. The highest BCUT2D eigenvalue weighted by atomic mass is 32.1. The summed E-state index contributed by atoms with van der Waals surface area (Å²) < 4.78 is 0. The van der Waals surface area contributed by atoms with E-state index in [1.807, 2.05) is 13.0 Å². The van der Waals surface area contributed by atoms with Crippen LogP contribution in [0.3, 0.4) is 0 Å². The lowest BCUT2D eigenvalue weighted by atomic mass is 10.3. The Hall–Kier alpha value is -1.69. The van der Waals surface area contributed by atoms with Crippen LogP contribution in [0.4, 0.5) is 5.95 Å². The van der Waals surface area contributed by atoms with Gasteiger partial charge in [-0.05, 0) is 25.2 Å². The Labute approximate surface area is 119 Å². The summed E-state index contributed by atoms with van der Waals surface area (Å²) >= 11 is 5.37. The molecule has 2 rings (SSSR count). The van der Waals surface area contributed by atoms with Crippen LogP contribution in [0.5, 0.6) is 0 Å². The van der Waals surface area contributed by atoms with Crippen LogP contribution in [0.15, 0.2) is 30.6 Å². The van der Waals surface area contributed by atoms with E-state index in [1.54, 1.807) is 12.4 Å². The fraction of sp³-hybridized carbons (Fsp3) is 0.462. The first-order valence-corrected chi connectivity index (χ1v) is 6.77. The van der Waals surface area contributed by atoms with E-state index in [0.29, 0.717) is 0 Å². The molecule has 1 fully saturated rings. The topological polar surface area (TPSA) is 44.3 Å². The predicted molar refractivity (Wildman–Crippen MR) is 81.2 cm³/mol. The van der Waals surface area contributed by atoms with Gasteiger partial charge >= 0.3 is 0 Å². The van der Waals surface area contributed by atoms with Crippen LogP contribution in [-0.4, -0.2) is 52.7 Å². The van der Waals surface area contributed by atoms with Crippen molar-refractivity contribution in [2.75, 3.05) is 37.6 Å². The smallest absolute Gasteiger partial charge is 0.225 e. The summed E-state index contributed by atoms with van der Waals surface area (Å²) in [5.74, 6) is 0.794. The van der Waals surface area contributed by atoms with Crippen molar-refractivity contribution in [3.8, 4) is 0 Å². The molecule has 1 aromatic rings. The van der Waals surface area contributed by atoms with Crippen molar-refractivity contribution in [3.63, 3.8) is 0 Å². The van der Waals surface area contributed by atoms with Crippen LogP contribution < -0.4 is 10.2 Å². The first-order chi connectivity index (χ1) is 9.16. The molecule has 0 unspecified atom stereocenters. The highest BCUT2D eigenvalue weighted by Gasteiger charge is 2.20. The van der Waals surface area contributed by atoms with Crippen LogP contribution in [0.2, 0.25) is 0 Å². The normalized spacial score (nSPS) is 15.2. The molecule has 0 aromatic carbocycles. The molecule has 0 bridgehead atoms. The number of hydrogen-bond donors (Lipinski definition) is 1. The molecule has 1 saturated heterocycles. The molecule has 19 heavy (non-hydrogen) atoms. The number of thiocarbonyl (C=S) groups is 1. The lowest BCUT2D eigenvalue weighted by molar-refractivity contribution is 0.379. The number of nitrogens with one attached hydrogen (secondary N) is 1. The summed E-state index contributed by atoms with van der Waals surface area (Å²) in [4.78, 5) is 12.9. The molecule has 1 aliphatic rings. The first-order valence-electron chi connectivity index (χ1n) is 6.36. The second-order valence-electron chi connectivity index (χ2n) is 4.64. The fourth-order valence-corrected chi connectivity index (χ4v) is 2.16. The van der Waals surface area contributed by atoms with E-state index < -0.39 is 0 Å². The molecule has 1 aromatic heterocycles. The van der Waals surface area contributed by atoms with E-state index in [0.717, 1.165) is 49.4 Å². The molecular weight excluding hydrogens is 258 g/mol. The van der Waals surface area contributed by atoms with Gasteiger partial charge in [-0.15, -0.1) is 0 Å². The number of rotatable bonds is 3. The minimum Gasteiger partial charge on any atom is -0.359 e. The van der Waals surface area contributed by atoms with E-state index in [4.69, 9.17) is 12.2 Å². The van der Waals surface area contributed by atoms with Crippen LogP contribution >= 0.6 is 12.2 Å². The van der Waals surface area contributed by atoms with E-state index in [9.17, 15) is 0 Å². The third kappa shape index (κ3) is 3.89. The molecule has 0 radical (unpaired) electrons. The molecule has 0 amide bonds. The van der Waals surface area contributed by atoms with Gasteiger partial charge < -0.3 is 15.1 Å². The second-order valence-corrected chi connectivity index (χ2v) is 5.03. The quantitative estimate of drug-likeness (QED) is 0.658. The van der Waals surface area contributed by atoms with Gasteiger partial charge in [-0.25, -0.2) is 9.97 Å². The highest BCUT2D eigenvalue weighted by Crippen LogP contribution is 2.09. The van der Waals surface area contributed by atoms with Gasteiger partial charge in [-0.3, -0.25) is 0 Å². The van der Waals surface area contributed by atoms with E-state index in [1.165, 1.54) is 0 Å². The Morgan fingerprint density at radius 2 is 1.95 bits per heavy atom. The zero-order chi connectivity index (χ0) is 13.7. The Morgan fingerprint density at radius 1 is 1.32 bits per heavy atom. The van der Waals surface area contributed by atoms with Crippen molar-refractivity contribution in [2.24, 2.45) is 0 Å². The Bertz CT molecular complexity index is 440. The van der Waals surface area contributed by atoms with Crippen molar-refractivity contribution < 1.29 is 0 Å². The Kier molecular flexibility index (Phi) is 4.68. The SMILES string of the molecule is C=C(C)CNC(=S)N1CCN(c2ncccn2)CC1. The van der Waals surface area contributed by atoms with Crippen LogP contribution in [-0.2, 0) is 0 Å². The molecule has 0 aliphatic carbocycles. The lowest BCUT2D eigenvalue weighted by Gasteiger charge is -2.36. The van der Waals surface area contributed by atoms with Crippen LogP contribution in [0.1, 0.15) is 6.92 Å². The zero-order valence-electron chi connectivity index (χ0n) is 11.2. The maximum atomic E-state index is 5.37. The predicted octanol–water partition coefficient (Wildman–Crippen LogP) is 1.05. The third-order valence-corrected chi connectivity index (χ3v) is 3.35. The lowest BCUT2D eigenvalue weighted by Crippen LogP contribution is -2.52. The summed E-state index contributed by atoms with van der Waals surface area (Å²) in [5, 5.41) is 4.02. The summed E-state index contributed by atoms with van der Waals surface area (Å²) in [7, 11) is 0. The third-order valence-electron chi connectivity index (χ3n) is 2.94. The van der Waals surface area contributed by atoms with Gasteiger partial charge in [-0.1, -0.05) is 12.2 Å². The van der Waals surface area contributed by atoms with Crippen molar-refractivity contribution in [2.45, 2.75) is 6.92 Å². The van der Waals surface area contributed by atoms with Crippen LogP contribution in [0, 0.1) is 0 Å². The minimum atomic E-state index is 0.737. The van der Waals surface area contributed by atoms with Crippen molar-refractivity contribution in [3.05, 3.63) is 30.6 Å². The summed E-state index contributed by atoms with van der Waals surface area (Å²) in [6.07, 6.45) is 3.54. The maximum absolute atomic E-state index is 5.37. The molecule has 0 spiro atoms. The summed E-state index contributed by atoms with van der Waals surface area (Å²) in [5.41, 5.74) is 1.08. The molecule has 6 heteroatoms. The van der Waals surface area contributed by atoms with Gasteiger partial charge in [0.15, 0.2) is 5.11 Å². The van der Waals surface area contributed by atoms with Gasteiger partial charge in [0.05, 0.1) is 0 Å².